The van der Waals surface area contributed by atoms with Crippen molar-refractivity contribution in [3.05, 3.63) is 63.5 Å². The molecule has 0 aliphatic heterocycles. The van der Waals surface area contributed by atoms with Gasteiger partial charge in [0.25, 0.3) is 5.91 Å². The molecule has 2 aromatic carbocycles. The van der Waals surface area contributed by atoms with Gasteiger partial charge in [0, 0.05) is 7.05 Å². The Morgan fingerprint density at radius 2 is 1.75 bits per heavy atom. The predicted molar refractivity (Wildman–Crippen MR) is 100 cm³/mol. The van der Waals surface area contributed by atoms with Crippen LogP contribution < -0.4 is 4.80 Å². The fourth-order valence-electron chi connectivity index (χ4n) is 2.85. The molecule has 0 bridgehead atoms. The minimum absolute atomic E-state index is 0.101. The van der Waals surface area contributed by atoms with Crippen LogP contribution in [0.3, 0.4) is 0 Å². The number of carbonyl (C=O) groups excluding carboxylic acids is 1. The fourth-order valence-corrected chi connectivity index (χ4v) is 3.94. The number of thiazole rings is 1. The molecule has 0 fully saturated rings. The van der Waals surface area contributed by atoms with Crippen LogP contribution in [-0.4, -0.2) is 10.5 Å². The Bertz CT molecular complexity index is 962. The summed E-state index contributed by atoms with van der Waals surface area (Å²) in [6.45, 7) is 6.35. The molecule has 0 saturated heterocycles. The lowest BCUT2D eigenvalue weighted by Gasteiger charge is -2.03. The molecule has 3 rings (SSSR count). The summed E-state index contributed by atoms with van der Waals surface area (Å²) in [6.07, 6.45) is 1.35. The van der Waals surface area contributed by atoms with Gasteiger partial charge in [0.1, 0.15) is 0 Å². The van der Waals surface area contributed by atoms with Crippen molar-refractivity contribution in [3.8, 4) is 0 Å². The highest BCUT2D eigenvalue weighted by Crippen LogP contribution is 2.22. The summed E-state index contributed by atoms with van der Waals surface area (Å²) >= 11 is 1.57. The summed E-state index contributed by atoms with van der Waals surface area (Å²) in [4.78, 5) is 17.4. The van der Waals surface area contributed by atoms with E-state index >= 15 is 0 Å². The molecule has 0 saturated carbocycles. The van der Waals surface area contributed by atoms with Crippen LogP contribution in [0.2, 0.25) is 0 Å². The van der Waals surface area contributed by atoms with E-state index in [1.165, 1.54) is 26.9 Å². The number of hydrogen-bond donors (Lipinski definition) is 0. The van der Waals surface area contributed by atoms with Crippen molar-refractivity contribution >= 4 is 27.5 Å². The molecule has 0 radical (unpaired) electrons. The number of hydrogen-bond acceptors (Lipinski definition) is 2. The molecule has 0 atom stereocenters. The Hall–Kier alpha value is -2.20. The zero-order chi connectivity index (χ0) is 17.3. The summed E-state index contributed by atoms with van der Waals surface area (Å²) in [6, 6.07) is 12.4. The van der Waals surface area contributed by atoms with Gasteiger partial charge >= 0.3 is 0 Å². The maximum Gasteiger partial charge on any atom is 0.252 e. The van der Waals surface area contributed by atoms with E-state index in [-0.39, 0.29) is 5.91 Å². The van der Waals surface area contributed by atoms with Crippen LogP contribution in [0, 0.1) is 13.8 Å². The van der Waals surface area contributed by atoms with Gasteiger partial charge in [-0.25, -0.2) is 0 Å². The van der Waals surface area contributed by atoms with Crippen molar-refractivity contribution in [3.63, 3.8) is 0 Å². The fraction of sp³-hybridized carbons (Fsp3) is 0.300. The number of aromatic nitrogens is 1. The highest BCUT2D eigenvalue weighted by molar-refractivity contribution is 7.16. The van der Waals surface area contributed by atoms with Gasteiger partial charge in [0.15, 0.2) is 4.80 Å². The highest BCUT2D eigenvalue weighted by Gasteiger charge is 2.09. The van der Waals surface area contributed by atoms with E-state index in [0.717, 1.165) is 16.8 Å². The van der Waals surface area contributed by atoms with E-state index in [1.807, 2.05) is 23.7 Å². The molecule has 0 N–H and O–H groups in total. The van der Waals surface area contributed by atoms with E-state index in [4.69, 9.17) is 0 Å². The average molecular weight is 338 g/mol. The minimum Gasteiger partial charge on any atom is -0.319 e. The number of fused-ring (bicyclic) bond motifs is 1. The van der Waals surface area contributed by atoms with Crippen LogP contribution in [0.15, 0.2) is 41.4 Å². The zero-order valence-corrected chi connectivity index (χ0v) is 15.4. The molecule has 1 heterocycles. The van der Waals surface area contributed by atoms with Crippen molar-refractivity contribution < 1.29 is 4.79 Å². The molecule has 4 heteroatoms. The quantitative estimate of drug-likeness (QED) is 0.708. The number of aryl methyl sites for hydroxylation is 4. The van der Waals surface area contributed by atoms with E-state index in [9.17, 15) is 4.79 Å². The Morgan fingerprint density at radius 1 is 1.08 bits per heavy atom. The number of benzene rings is 2. The first-order chi connectivity index (χ1) is 11.5. The van der Waals surface area contributed by atoms with Crippen molar-refractivity contribution in [2.24, 2.45) is 12.0 Å². The molecular formula is C20H22N2OS. The molecule has 3 aromatic rings. The van der Waals surface area contributed by atoms with E-state index < -0.39 is 0 Å². The van der Waals surface area contributed by atoms with Gasteiger partial charge in [-0.05, 0) is 48.6 Å². The molecule has 0 spiro atoms. The second kappa shape index (κ2) is 6.73. The zero-order valence-electron chi connectivity index (χ0n) is 14.6. The van der Waals surface area contributed by atoms with Crippen molar-refractivity contribution in [1.82, 2.24) is 4.57 Å². The summed E-state index contributed by atoms with van der Waals surface area (Å²) in [7, 11) is 1.98. The van der Waals surface area contributed by atoms with Gasteiger partial charge in [-0.15, -0.1) is 0 Å². The Balaban J connectivity index is 1.92. The maximum atomic E-state index is 12.3. The SMILES string of the molecule is CCc1ccc(CC(=O)N=c2sc3ccc(C)c(C)c3n2C)cc1. The summed E-state index contributed by atoms with van der Waals surface area (Å²) in [5, 5.41) is 0. The molecule has 0 aliphatic carbocycles. The maximum absolute atomic E-state index is 12.3. The van der Waals surface area contributed by atoms with Crippen LogP contribution in [0.25, 0.3) is 10.2 Å². The molecule has 3 nitrogen and oxygen atoms in total. The molecule has 0 unspecified atom stereocenters. The van der Waals surface area contributed by atoms with Crippen LogP contribution in [0.1, 0.15) is 29.2 Å². The van der Waals surface area contributed by atoms with Gasteiger partial charge in [-0.1, -0.05) is 48.6 Å². The second-order valence-corrected chi connectivity index (χ2v) is 7.16. The first kappa shape index (κ1) is 16.7. The summed E-state index contributed by atoms with van der Waals surface area (Å²) in [5.41, 5.74) is 5.96. The number of amides is 1. The molecule has 124 valence electrons. The monoisotopic (exact) mass is 338 g/mol. The van der Waals surface area contributed by atoms with Gasteiger partial charge in [-0.2, -0.15) is 4.99 Å². The standard InChI is InChI=1S/C20H22N2OS/c1-5-15-7-9-16(10-8-15)12-18(23)21-20-22(4)19-14(3)13(2)6-11-17(19)24-20/h6-11H,5,12H2,1-4H3. The third-order valence-electron chi connectivity index (χ3n) is 4.50. The topological polar surface area (TPSA) is 34.4 Å². The van der Waals surface area contributed by atoms with Crippen molar-refractivity contribution in [2.75, 3.05) is 0 Å². The highest BCUT2D eigenvalue weighted by atomic mass is 32.1. The van der Waals surface area contributed by atoms with Crippen molar-refractivity contribution in [1.29, 1.82) is 0 Å². The molecular weight excluding hydrogens is 316 g/mol. The summed E-state index contributed by atoms with van der Waals surface area (Å²) < 4.78 is 3.19. The lowest BCUT2D eigenvalue weighted by atomic mass is 10.1. The molecule has 1 aromatic heterocycles. The first-order valence-corrected chi connectivity index (χ1v) is 9.02. The van der Waals surface area contributed by atoms with Crippen molar-refractivity contribution in [2.45, 2.75) is 33.6 Å². The third kappa shape index (κ3) is 3.20. The predicted octanol–water partition coefficient (Wildman–Crippen LogP) is 4.09. The number of rotatable bonds is 3. The summed E-state index contributed by atoms with van der Waals surface area (Å²) in [5.74, 6) is -0.101. The largest absolute Gasteiger partial charge is 0.319 e. The van der Waals surface area contributed by atoms with Gasteiger partial charge < -0.3 is 4.57 Å². The van der Waals surface area contributed by atoms with Crippen LogP contribution >= 0.6 is 11.3 Å². The minimum atomic E-state index is -0.101. The van der Waals surface area contributed by atoms with E-state index in [1.54, 1.807) is 11.3 Å². The van der Waals surface area contributed by atoms with Crippen LogP contribution in [0.5, 0.6) is 0 Å². The average Bonchev–Trinajstić information content (AvgIpc) is 2.88. The number of nitrogens with zero attached hydrogens (tertiary/aromatic N) is 2. The van der Waals surface area contributed by atoms with Crippen LogP contribution in [0.4, 0.5) is 0 Å². The lowest BCUT2D eigenvalue weighted by Crippen LogP contribution is -2.14. The Kier molecular flexibility index (Phi) is 4.67. The smallest absolute Gasteiger partial charge is 0.252 e. The Morgan fingerprint density at radius 3 is 2.42 bits per heavy atom. The van der Waals surface area contributed by atoms with Gasteiger partial charge in [-0.3, -0.25) is 4.79 Å². The number of carbonyl (C=O) groups is 1. The Labute approximate surface area is 146 Å². The first-order valence-electron chi connectivity index (χ1n) is 8.20. The third-order valence-corrected chi connectivity index (χ3v) is 5.59. The van der Waals surface area contributed by atoms with Gasteiger partial charge in [0.2, 0.25) is 0 Å². The second-order valence-electron chi connectivity index (χ2n) is 6.15. The lowest BCUT2D eigenvalue weighted by molar-refractivity contribution is -0.117. The van der Waals surface area contributed by atoms with E-state index in [2.05, 4.69) is 50.0 Å². The van der Waals surface area contributed by atoms with Crippen LogP contribution in [-0.2, 0) is 24.7 Å². The normalized spacial score (nSPS) is 12.1. The molecule has 24 heavy (non-hydrogen) atoms. The molecule has 1 amide bonds. The van der Waals surface area contributed by atoms with Gasteiger partial charge in [0.05, 0.1) is 16.6 Å². The molecule has 0 aliphatic rings. The van der Waals surface area contributed by atoms with E-state index in [0.29, 0.717) is 6.42 Å².